The van der Waals surface area contributed by atoms with E-state index in [0.29, 0.717) is 25.3 Å². The largest absolute Gasteiger partial charge is 0.490 e. The van der Waals surface area contributed by atoms with Gasteiger partial charge in [0.05, 0.1) is 6.54 Å². The molecular weight excluding hydrogens is 282 g/mol. The summed E-state index contributed by atoms with van der Waals surface area (Å²) in [6.07, 6.45) is 1.69. The fourth-order valence-electron chi connectivity index (χ4n) is 1.95. The number of hydrogen-bond donors (Lipinski definition) is 0. The molecule has 0 bridgehead atoms. The third kappa shape index (κ3) is 4.20. The summed E-state index contributed by atoms with van der Waals surface area (Å²) in [5.41, 5.74) is 0.680. The highest BCUT2D eigenvalue weighted by atomic mass is 32.1. The molecule has 0 N–H and O–H groups in total. The van der Waals surface area contributed by atoms with E-state index >= 15 is 0 Å². The zero-order valence-corrected chi connectivity index (χ0v) is 12.9. The van der Waals surface area contributed by atoms with E-state index in [0.717, 1.165) is 5.75 Å². The first-order chi connectivity index (χ1) is 10.2. The summed E-state index contributed by atoms with van der Waals surface area (Å²) in [7, 11) is 0. The van der Waals surface area contributed by atoms with Crippen LogP contribution in [0.15, 0.2) is 54.4 Å². The molecule has 1 aromatic heterocycles. The van der Waals surface area contributed by atoms with Crippen LogP contribution < -0.4 is 4.74 Å². The van der Waals surface area contributed by atoms with Crippen LogP contribution in [0.1, 0.15) is 22.2 Å². The summed E-state index contributed by atoms with van der Waals surface area (Å²) in [4.78, 5) is 15.5. The molecule has 0 spiro atoms. The lowest BCUT2D eigenvalue weighted by Crippen LogP contribution is -2.29. The van der Waals surface area contributed by atoms with E-state index in [4.69, 9.17) is 4.74 Å². The quantitative estimate of drug-likeness (QED) is 0.724. The minimum Gasteiger partial charge on any atom is -0.490 e. The van der Waals surface area contributed by atoms with E-state index in [9.17, 15) is 4.79 Å². The highest BCUT2D eigenvalue weighted by Crippen LogP contribution is 2.17. The first-order valence-electron chi connectivity index (χ1n) is 6.90. The second-order valence-electron chi connectivity index (χ2n) is 4.52. The van der Waals surface area contributed by atoms with Gasteiger partial charge in [0.15, 0.2) is 0 Å². The highest BCUT2D eigenvalue weighted by molar-refractivity contribution is 7.09. The zero-order valence-electron chi connectivity index (χ0n) is 12.1. The number of benzene rings is 1. The maximum atomic E-state index is 12.5. The summed E-state index contributed by atoms with van der Waals surface area (Å²) in [6, 6.07) is 11.3. The van der Waals surface area contributed by atoms with Gasteiger partial charge in [0.1, 0.15) is 12.4 Å². The summed E-state index contributed by atoms with van der Waals surface area (Å²) in [5.74, 6) is 0.786. The van der Waals surface area contributed by atoms with Crippen LogP contribution in [-0.2, 0) is 6.54 Å². The lowest BCUT2D eigenvalue weighted by Gasteiger charge is -2.20. The Labute approximate surface area is 129 Å². The normalized spacial score (nSPS) is 10.1. The third-order valence-corrected chi connectivity index (χ3v) is 3.93. The van der Waals surface area contributed by atoms with Crippen molar-refractivity contribution in [2.75, 3.05) is 13.2 Å². The number of hydrogen-bond acceptors (Lipinski definition) is 3. The van der Waals surface area contributed by atoms with Crippen LogP contribution in [0.3, 0.4) is 0 Å². The van der Waals surface area contributed by atoms with Crippen LogP contribution in [-0.4, -0.2) is 24.0 Å². The third-order valence-electron chi connectivity index (χ3n) is 3.06. The molecule has 110 valence electrons. The summed E-state index contributed by atoms with van der Waals surface area (Å²) in [5, 5.41) is 2.03. The Morgan fingerprint density at radius 1 is 1.33 bits per heavy atom. The molecule has 0 aliphatic rings. The fourth-order valence-corrected chi connectivity index (χ4v) is 2.67. The standard InChI is InChI=1S/C17H19NO2S/c1-3-11-20-15-9-7-14(8-10-15)17(19)18(4-2)13-16-6-5-12-21-16/h3,5-10,12H,1,4,11,13H2,2H3. The molecule has 0 saturated heterocycles. The van der Waals surface area contributed by atoms with E-state index in [1.54, 1.807) is 29.5 Å². The molecule has 4 heteroatoms. The van der Waals surface area contributed by atoms with Crippen molar-refractivity contribution in [2.45, 2.75) is 13.5 Å². The van der Waals surface area contributed by atoms with Crippen molar-refractivity contribution < 1.29 is 9.53 Å². The van der Waals surface area contributed by atoms with Crippen LogP contribution in [0, 0.1) is 0 Å². The van der Waals surface area contributed by atoms with Crippen molar-refractivity contribution in [3.05, 3.63) is 64.9 Å². The van der Waals surface area contributed by atoms with Crippen molar-refractivity contribution >= 4 is 17.2 Å². The molecule has 2 rings (SSSR count). The number of ether oxygens (including phenoxy) is 1. The number of carbonyl (C=O) groups excluding carboxylic acids is 1. The van der Waals surface area contributed by atoms with Gasteiger partial charge in [-0.15, -0.1) is 11.3 Å². The van der Waals surface area contributed by atoms with Crippen molar-refractivity contribution in [1.29, 1.82) is 0 Å². The molecule has 1 aromatic carbocycles. The van der Waals surface area contributed by atoms with E-state index in [2.05, 4.69) is 6.58 Å². The Morgan fingerprint density at radius 3 is 2.67 bits per heavy atom. The van der Waals surface area contributed by atoms with Crippen molar-refractivity contribution in [3.8, 4) is 5.75 Å². The molecule has 1 heterocycles. The van der Waals surface area contributed by atoms with Crippen molar-refractivity contribution in [1.82, 2.24) is 4.90 Å². The van der Waals surface area contributed by atoms with Gasteiger partial charge in [0, 0.05) is 17.0 Å². The van der Waals surface area contributed by atoms with Gasteiger partial charge in [-0.3, -0.25) is 4.79 Å². The number of thiophene rings is 1. The molecule has 21 heavy (non-hydrogen) atoms. The van der Waals surface area contributed by atoms with Gasteiger partial charge >= 0.3 is 0 Å². The van der Waals surface area contributed by atoms with Crippen LogP contribution >= 0.6 is 11.3 Å². The molecule has 0 saturated carbocycles. The van der Waals surface area contributed by atoms with Gasteiger partial charge in [0.25, 0.3) is 5.91 Å². The van der Waals surface area contributed by atoms with E-state index < -0.39 is 0 Å². The molecule has 2 aromatic rings. The number of carbonyl (C=O) groups is 1. The summed E-state index contributed by atoms with van der Waals surface area (Å²) in [6.45, 7) is 7.41. The first-order valence-corrected chi connectivity index (χ1v) is 7.78. The maximum Gasteiger partial charge on any atom is 0.254 e. The monoisotopic (exact) mass is 301 g/mol. The van der Waals surface area contributed by atoms with Gasteiger partial charge in [-0.2, -0.15) is 0 Å². The Kier molecular flexibility index (Phi) is 5.58. The molecule has 0 unspecified atom stereocenters. The minimum atomic E-state index is 0.0428. The molecule has 0 fully saturated rings. The summed E-state index contributed by atoms with van der Waals surface area (Å²) >= 11 is 1.67. The van der Waals surface area contributed by atoms with Crippen molar-refractivity contribution in [2.24, 2.45) is 0 Å². The van der Waals surface area contributed by atoms with Gasteiger partial charge < -0.3 is 9.64 Å². The lowest BCUT2D eigenvalue weighted by molar-refractivity contribution is 0.0754. The molecule has 3 nitrogen and oxygen atoms in total. The van der Waals surface area contributed by atoms with Gasteiger partial charge in [-0.05, 0) is 42.6 Å². The first kappa shape index (κ1) is 15.3. The molecule has 0 atom stereocenters. The number of nitrogens with zero attached hydrogens (tertiary/aromatic N) is 1. The Hall–Kier alpha value is -2.07. The Morgan fingerprint density at radius 2 is 2.10 bits per heavy atom. The van der Waals surface area contributed by atoms with Gasteiger partial charge in [-0.25, -0.2) is 0 Å². The lowest BCUT2D eigenvalue weighted by atomic mass is 10.2. The van der Waals surface area contributed by atoms with Gasteiger partial charge in [-0.1, -0.05) is 18.7 Å². The van der Waals surface area contributed by atoms with E-state index in [1.807, 2.05) is 41.5 Å². The number of rotatable bonds is 7. The number of amides is 1. The summed E-state index contributed by atoms with van der Waals surface area (Å²) < 4.78 is 5.42. The fraction of sp³-hybridized carbons (Fsp3) is 0.235. The average molecular weight is 301 g/mol. The topological polar surface area (TPSA) is 29.5 Å². The minimum absolute atomic E-state index is 0.0428. The zero-order chi connectivity index (χ0) is 15.1. The molecule has 0 aliphatic carbocycles. The molecule has 0 aliphatic heterocycles. The SMILES string of the molecule is C=CCOc1ccc(C(=O)N(CC)Cc2cccs2)cc1. The predicted octanol–water partition coefficient (Wildman–Crippen LogP) is 3.98. The molecular formula is C17H19NO2S. The van der Waals surface area contributed by atoms with Gasteiger partial charge in [0.2, 0.25) is 0 Å². The Bertz CT molecular complexity index is 575. The Balaban J connectivity index is 2.04. The molecule has 1 amide bonds. The second-order valence-corrected chi connectivity index (χ2v) is 5.55. The van der Waals surface area contributed by atoms with Crippen molar-refractivity contribution in [3.63, 3.8) is 0 Å². The van der Waals surface area contributed by atoms with Crippen LogP contribution in [0.2, 0.25) is 0 Å². The molecule has 0 radical (unpaired) electrons. The maximum absolute atomic E-state index is 12.5. The highest BCUT2D eigenvalue weighted by Gasteiger charge is 2.14. The van der Waals surface area contributed by atoms with E-state index in [1.165, 1.54) is 4.88 Å². The van der Waals surface area contributed by atoms with E-state index in [-0.39, 0.29) is 5.91 Å². The average Bonchev–Trinajstić information content (AvgIpc) is 3.03. The smallest absolute Gasteiger partial charge is 0.254 e. The van der Waals surface area contributed by atoms with Crippen LogP contribution in [0.25, 0.3) is 0 Å². The van der Waals surface area contributed by atoms with Crippen LogP contribution in [0.4, 0.5) is 0 Å². The second kappa shape index (κ2) is 7.64. The van der Waals surface area contributed by atoms with Crippen LogP contribution in [0.5, 0.6) is 5.75 Å². The predicted molar refractivity (Wildman–Crippen MR) is 86.9 cm³/mol.